The Bertz CT molecular complexity index is 425. The van der Waals surface area contributed by atoms with Crippen molar-refractivity contribution in [3.63, 3.8) is 0 Å². The Kier molecular flexibility index (Phi) is 2.44. The Morgan fingerprint density at radius 1 is 1.40 bits per heavy atom. The van der Waals surface area contributed by atoms with Crippen molar-refractivity contribution in [1.82, 2.24) is 14.6 Å². The quantitative estimate of drug-likeness (QED) is 0.821. The average molecular weight is 204 g/mol. The highest BCUT2D eigenvalue weighted by molar-refractivity contribution is 5.37. The van der Waals surface area contributed by atoms with E-state index in [9.17, 15) is 0 Å². The van der Waals surface area contributed by atoms with Gasteiger partial charge in [0.05, 0.1) is 0 Å². The van der Waals surface area contributed by atoms with Crippen LogP contribution in [0, 0.1) is 0 Å². The molecule has 0 aliphatic carbocycles. The second-order valence-corrected chi connectivity index (χ2v) is 4.36. The molecule has 0 fully saturated rings. The van der Waals surface area contributed by atoms with E-state index in [2.05, 4.69) is 23.9 Å². The molecule has 0 saturated heterocycles. The number of aromatic nitrogens is 3. The second-order valence-electron chi connectivity index (χ2n) is 4.36. The maximum absolute atomic E-state index is 5.58. The van der Waals surface area contributed by atoms with E-state index in [0.29, 0.717) is 6.54 Å². The molecule has 2 rings (SSSR count). The minimum Gasteiger partial charge on any atom is -0.330 e. The van der Waals surface area contributed by atoms with Crippen LogP contribution in [0.2, 0.25) is 0 Å². The van der Waals surface area contributed by atoms with E-state index in [1.165, 1.54) is 0 Å². The highest BCUT2D eigenvalue weighted by Crippen LogP contribution is 2.23. The molecule has 4 heteroatoms. The Balaban J connectivity index is 2.44. The van der Waals surface area contributed by atoms with E-state index >= 15 is 0 Å². The average Bonchev–Trinajstić information content (AvgIpc) is 2.61. The van der Waals surface area contributed by atoms with Crippen LogP contribution < -0.4 is 5.73 Å². The highest BCUT2D eigenvalue weighted by Gasteiger charge is 2.24. The summed E-state index contributed by atoms with van der Waals surface area (Å²) in [6.45, 7) is 4.89. The fraction of sp³-hybridized carbons (Fsp3) is 0.455. The molecule has 2 aromatic heterocycles. The molecular formula is C11H16N4. The van der Waals surface area contributed by atoms with E-state index in [1.54, 1.807) is 4.52 Å². The third-order valence-corrected chi connectivity index (χ3v) is 2.62. The smallest absolute Gasteiger partial charge is 0.157 e. The Morgan fingerprint density at radius 2 is 2.20 bits per heavy atom. The Hall–Kier alpha value is -1.42. The maximum Gasteiger partial charge on any atom is 0.157 e. The number of nitrogens with zero attached hydrogens (tertiary/aromatic N) is 3. The first-order valence-corrected chi connectivity index (χ1v) is 5.15. The largest absolute Gasteiger partial charge is 0.330 e. The standard InChI is InChI=1S/C11H16N4/c1-11(2,6-7-12)10-13-9-5-3-4-8-15(9)14-10/h3-5,8H,6-7,12H2,1-2H3. The van der Waals surface area contributed by atoms with Gasteiger partial charge in [0.25, 0.3) is 0 Å². The lowest BCUT2D eigenvalue weighted by atomic mass is 9.89. The molecule has 0 aromatic carbocycles. The zero-order valence-corrected chi connectivity index (χ0v) is 9.14. The van der Waals surface area contributed by atoms with Gasteiger partial charge in [-0.15, -0.1) is 0 Å². The van der Waals surface area contributed by atoms with Crippen molar-refractivity contribution in [3.05, 3.63) is 30.2 Å². The van der Waals surface area contributed by atoms with Gasteiger partial charge in [-0.25, -0.2) is 9.50 Å². The summed E-state index contributed by atoms with van der Waals surface area (Å²) in [4.78, 5) is 4.50. The zero-order chi connectivity index (χ0) is 10.9. The predicted molar refractivity (Wildman–Crippen MR) is 59.7 cm³/mol. The monoisotopic (exact) mass is 204 g/mol. The van der Waals surface area contributed by atoms with Crippen LogP contribution in [-0.2, 0) is 5.41 Å². The summed E-state index contributed by atoms with van der Waals surface area (Å²) in [7, 11) is 0. The van der Waals surface area contributed by atoms with Gasteiger partial charge in [-0.3, -0.25) is 0 Å². The summed E-state index contributed by atoms with van der Waals surface area (Å²) in [5.74, 6) is 0.860. The normalized spacial score (nSPS) is 12.2. The van der Waals surface area contributed by atoms with Crippen LogP contribution in [0.1, 0.15) is 26.1 Å². The zero-order valence-electron chi connectivity index (χ0n) is 9.14. The predicted octanol–water partition coefficient (Wildman–Crippen LogP) is 1.36. The van der Waals surface area contributed by atoms with Gasteiger partial charge in [-0.1, -0.05) is 19.9 Å². The van der Waals surface area contributed by atoms with E-state index in [0.717, 1.165) is 17.9 Å². The van der Waals surface area contributed by atoms with Crippen molar-refractivity contribution in [2.75, 3.05) is 6.54 Å². The highest BCUT2D eigenvalue weighted by atomic mass is 15.3. The first-order valence-electron chi connectivity index (χ1n) is 5.15. The van der Waals surface area contributed by atoms with E-state index in [-0.39, 0.29) is 5.41 Å². The van der Waals surface area contributed by atoms with Crippen LogP contribution in [-0.4, -0.2) is 21.1 Å². The lowest BCUT2D eigenvalue weighted by Gasteiger charge is -2.19. The Labute approximate surface area is 89.1 Å². The van der Waals surface area contributed by atoms with Crippen LogP contribution in [0.25, 0.3) is 5.65 Å². The number of pyridine rings is 1. The van der Waals surface area contributed by atoms with Gasteiger partial charge >= 0.3 is 0 Å². The molecule has 0 aliphatic heterocycles. The van der Waals surface area contributed by atoms with Crippen LogP contribution >= 0.6 is 0 Å². The van der Waals surface area contributed by atoms with E-state index in [1.807, 2.05) is 24.4 Å². The van der Waals surface area contributed by atoms with Gasteiger partial charge in [-0.2, -0.15) is 5.10 Å². The topological polar surface area (TPSA) is 56.2 Å². The molecule has 4 nitrogen and oxygen atoms in total. The third-order valence-electron chi connectivity index (χ3n) is 2.62. The fourth-order valence-electron chi connectivity index (χ4n) is 1.59. The van der Waals surface area contributed by atoms with Crippen molar-refractivity contribution in [2.24, 2.45) is 5.73 Å². The number of hydrogen-bond donors (Lipinski definition) is 1. The van der Waals surface area contributed by atoms with E-state index < -0.39 is 0 Å². The maximum atomic E-state index is 5.58. The van der Waals surface area contributed by atoms with Crippen molar-refractivity contribution < 1.29 is 0 Å². The van der Waals surface area contributed by atoms with Gasteiger partial charge < -0.3 is 5.73 Å². The molecule has 0 unspecified atom stereocenters. The fourth-order valence-corrected chi connectivity index (χ4v) is 1.59. The number of rotatable bonds is 3. The van der Waals surface area contributed by atoms with Crippen LogP contribution in [0.3, 0.4) is 0 Å². The first kappa shape index (κ1) is 10.1. The van der Waals surface area contributed by atoms with Crippen LogP contribution in [0.4, 0.5) is 0 Å². The lowest BCUT2D eigenvalue weighted by molar-refractivity contribution is 0.457. The summed E-state index contributed by atoms with van der Waals surface area (Å²) in [5.41, 5.74) is 6.42. The molecule has 0 aliphatic rings. The van der Waals surface area contributed by atoms with Crippen molar-refractivity contribution >= 4 is 5.65 Å². The molecule has 80 valence electrons. The van der Waals surface area contributed by atoms with Crippen molar-refractivity contribution in [2.45, 2.75) is 25.7 Å². The van der Waals surface area contributed by atoms with Crippen molar-refractivity contribution in [1.29, 1.82) is 0 Å². The molecule has 0 radical (unpaired) electrons. The second kappa shape index (κ2) is 3.62. The number of nitrogens with two attached hydrogens (primary N) is 1. The molecular weight excluding hydrogens is 188 g/mol. The lowest BCUT2D eigenvalue weighted by Crippen LogP contribution is -2.23. The molecule has 0 atom stereocenters. The van der Waals surface area contributed by atoms with E-state index in [4.69, 9.17) is 5.73 Å². The van der Waals surface area contributed by atoms with Crippen LogP contribution in [0.15, 0.2) is 24.4 Å². The summed E-state index contributed by atoms with van der Waals surface area (Å²) in [6.07, 6.45) is 2.80. The number of fused-ring (bicyclic) bond motifs is 1. The van der Waals surface area contributed by atoms with Gasteiger partial charge in [0.2, 0.25) is 0 Å². The minimum atomic E-state index is -0.0548. The third kappa shape index (κ3) is 1.85. The molecule has 2 heterocycles. The molecule has 2 aromatic rings. The molecule has 2 N–H and O–H groups in total. The molecule has 0 amide bonds. The van der Waals surface area contributed by atoms with Gasteiger partial charge in [-0.05, 0) is 25.1 Å². The molecule has 0 bridgehead atoms. The molecule has 0 spiro atoms. The number of hydrogen-bond acceptors (Lipinski definition) is 3. The van der Waals surface area contributed by atoms with Gasteiger partial charge in [0.1, 0.15) is 0 Å². The molecule has 15 heavy (non-hydrogen) atoms. The summed E-state index contributed by atoms with van der Waals surface area (Å²) < 4.78 is 1.80. The van der Waals surface area contributed by atoms with Gasteiger partial charge in [0, 0.05) is 11.6 Å². The summed E-state index contributed by atoms with van der Waals surface area (Å²) in [5, 5.41) is 4.45. The van der Waals surface area contributed by atoms with Crippen LogP contribution in [0.5, 0.6) is 0 Å². The van der Waals surface area contributed by atoms with Crippen molar-refractivity contribution in [3.8, 4) is 0 Å². The first-order chi connectivity index (χ1) is 7.13. The SMILES string of the molecule is CC(C)(CCN)c1nc2ccccn2n1. The summed E-state index contributed by atoms with van der Waals surface area (Å²) in [6, 6.07) is 5.86. The summed E-state index contributed by atoms with van der Waals surface area (Å²) >= 11 is 0. The molecule has 0 saturated carbocycles. The van der Waals surface area contributed by atoms with Gasteiger partial charge in [0.15, 0.2) is 11.5 Å². The minimum absolute atomic E-state index is 0.0548. The Morgan fingerprint density at radius 3 is 2.87 bits per heavy atom.